The number of nitrogens with one attached hydrogen (secondary N) is 1. The molecule has 0 saturated heterocycles. The van der Waals surface area contributed by atoms with Gasteiger partial charge in [-0.25, -0.2) is 0 Å². The number of hydrogen-bond donors (Lipinski definition) is 1. The van der Waals surface area contributed by atoms with E-state index in [-0.39, 0.29) is 11.2 Å². The molecule has 0 spiro atoms. The van der Waals surface area contributed by atoms with E-state index in [1.54, 1.807) is 0 Å². The number of halogens is 1. The summed E-state index contributed by atoms with van der Waals surface area (Å²) in [5, 5.41) is 12.1. The van der Waals surface area contributed by atoms with E-state index in [4.69, 9.17) is 0 Å². The van der Waals surface area contributed by atoms with Crippen LogP contribution < -0.4 is 5.32 Å². The Morgan fingerprint density at radius 2 is 2.23 bits per heavy atom. The first-order valence-corrected chi connectivity index (χ1v) is 8.84. The van der Waals surface area contributed by atoms with Gasteiger partial charge in [0.25, 0.3) is 0 Å². The van der Waals surface area contributed by atoms with Crippen LogP contribution in [0.3, 0.4) is 0 Å². The van der Waals surface area contributed by atoms with Crippen molar-refractivity contribution in [2.24, 2.45) is 7.05 Å². The summed E-state index contributed by atoms with van der Waals surface area (Å²) in [6.07, 6.45) is 2.19. The Morgan fingerprint density at radius 3 is 2.91 bits per heavy atom. The summed E-state index contributed by atoms with van der Waals surface area (Å²) in [6, 6.07) is 8.31. The molecular formula is C15H17BrN4OS. The van der Waals surface area contributed by atoms with Crippen molar-refractivity contribution < 1.29 is 4.79 Å². The molecule has 1 aliphatic carbocycles. The van der Waals surface area contributed by atoms with E-state index in [1.807, 2.05) is 42.8 Å². The van der Waals surface area contributed by atoms with Gasteiger partial charge in [0, 0.05) is 23.1 Å². The SMILES string of the molecule is C[C@@H](Sc1nnc(-c2cccc(Br)c2)n1C)C(=O)NC1CC1. The average Bonchev–Trinajstić information content (AvgIpc) is 3.23. The van der Waals surface area contributed by atoms with Crippen molar-refractivity contribution in [3.05, 3.63) is 28.7 Å². The molecule has 22 heavy (non-hydrogen) atoms. The van der Waals surface area contributed by atoms with Gasteiger partial charge in [-0.1, -0.05) is 39.8 Å². The van der Waals surface area contributed by atoms with Crippen LogP contribution in [0.1, 0.15) is 19.8 Å². The number of hydrogen-bond acceptors (Lipinski definition) is 4. The van der Waals surface area contributed by atoms with E-state index in [1.165, 1.54) is 11.8 Å². The van der Waals surface area contributed by atoms with Gasteiger partial charge in [0.15, 0.2) is 11.0 Å². The van der Waals surface area contributed by atoms with Gasteiger partial charge < -0.3 is 9.88 Å². The van der Waals surface area contributed by atoms with Crippen LogP contribution in [0.15, 0.2) is 33.9 Å². The second-order valence-electron chi connectivity index (χ2n) is 5.42. The van der Waals surface area contributed by atoms with Crippen LogP contribution in [0.2, 0.25) is 0 Å². The highest BCUT2D eigenvalue weighted by Crippen LogP contribution is 2.27. The second-order valence-corrected chi connectivity index (χ2v) is 7.64. The van der Waals surface area contributed by atoms with Crippen molar-refractivity contribution in [2.45, 2.75) is 36.2 Å². The number of nitrogens with zero attached hydrogens (tertiary/aromatic N) is 3. The summed E-state index contributed by atoms with van der Waals surface area (Å²) in [6.45, 7) is 1.90. The Labute approximate surface area is 142 Å². The van der Waals surface area contributed by atoms with Gasteiger partial charge in [-0.05, 0) is 31.9 Å². The number of amides is 1. The van der Waals surface area contributed by atoms with Crippen LogP contribution in [0.4, 0.5) is 0 Å². The van der Waals surface area contributed by atoms with Gasteiger partial charge in [0.2, 0.25) is 5.91 Å². The molecule has 1 atom stereocenters. The highest BCUT2D eigenvalue weighted by molar-refractivity contribution is 9.10. The molecule has 5 nitrogen and oxygen atoms in total. The zero-order valence-electron chi connectivity index (χ0n) is 12.4. The normalized spacial score (nSPS) is 15.6. The topological polar surface area (TPSA) is 59.8 Å². The summed E-state index contributed by atoms with van der Waals surface area (Å²) in [5.41, 5.74) is 0.992. The minimum absolute atomic E-state index is 0.0690. The first kappa shape index (κ1) is 15.6. The maximum absolute atomic E-state index is 12.0. The molecule has 7 heteroatoms. The van der Waals surface area contributed by atoms with Gasteiger partial charge in [0.1, 0.15) is 0 Å². The van der Waals surface area contributed by atoms with Gasteiger partial charge in [-0.3, -0.25) is 4.79 Å². The van der Waals surface area contributed by atoms with E-state index in [0.717, 1.165) is 33.9 Å². The third-order valence-electron chi connectivity index (χ3n) is 3.49. The molecule has 1 saturated carbocycles. The van der Waals surface area contributed by atoms with Crippen LogP contribution in [0.25, 0.3) is 11.4 Å². The standard InChI is InChI=1S/C15H17BrN4OS/c1-9(14(21)17-12-6-7-12)22-15-19-18-13(20(15)2)10-4-3-5-11(16)8-10/h3-5,8-9,12H,6-7H2,1-2H3,(H,17,21)/t9-/m1/s1. The number of benzene rings is 1. The molecule has 1 heterocycles. The van der Waals surface area contributed by atoms with Crippen molar-refractivity contribution in [1.82, 2.24) is 20.1 Å². The molecule has 0 unspecified atom stereocenters. The number of carbonyl (C=O) groups excluding carboxylic acids is 1. The van der Waals surface area contributed by atoms with E-state index in [9.17, 15) is 4.79 Å². The number of aromatic nitrogens is 3. The molecular weight excluding hydrogens is 364 g/mol. The Bertz CT molecular complexity index is 699. The monoisotopic (exact) mass is 380 g/mol. The van der Waals surface area contributed by atoms with Crippen molar-refractivity contribution >= 4 is 33.6 Å². The molecule has 1 aromatic heterocycles. The predicted octanol–water partition coefficient (Wildman–Crippen LogP) is 3.00. The number of rotatable bonds is 5. The maximum Gasteiger partial charge on any atom is 0.233 e. The van der Waals surface area contributed by atoms with Gasteiger partial charge >= 0.3 is 0 Å². The molecule has 1 fully saturated rings. The minimum atomic E-state index is -0.182. The first-order valence-electron chi connectivity index (χ1n) is 7.17. The summed E-state index contributed by atoms with van der Waals surface area (Å²) < 4.78 is 2.92. The highest BCUT2D eigenvalue weighted by atomic mass is 79.9. The molecule has 1 N–H and O–H groups in total. The molecule has 1 aliphatic rings. The Hall–Kier alpha value is -1.34. The summed E-state index contributed by atoms with van der Waals surface area (Å²) in [5.74, 6) is 0.859. The third kappa shape index (κ3) is 3.52. The smallest absolute Gasteiger partial charge is 0.233 e. The van der Waals surface area contributed by atoms with Crippen molar-refractivity contribution in [2.75, 3.05) is 0 Å². The van der Waals surface area contributed by atoms with E-state index < -0.39 is 0 Å². The second kappa shape index (κ2) is 6.42. The van der Waals surface area contributed by atoms with Gasteiger partial charge in [-0.2, -0.15) is 0 Å². The molecule has 1 amide bonds. The van der Waals surface area contributed by atoms with Crippen molar-refractivity contribution in [3.63, 3.8) is 0 Å². The molecule has 1 aromatic carbocycles. The zero-order valence-corrected chi connectivity index (χ0v) is 14.8. The number of carbonyl (C=O) groups is 1. The Balaban J connectivity index is 1.74. The molecule has 116 valence electrons. The van der Waals surface area contributed by atoms with Crippen molar-refractivity contribution in [3.8, 4) is 11.4 Å². The Morgan fingerprint density at radius 1 is 1.45 bits per heavy atom. The van der Waals surface area contributed by atoms with E-state index in [2.05, 4.69) is 31.4 Å². The fourth-order valence-electron chi connectivity index (χ4n) is 2.05. The fraction of sp³-hybridized carbons (Fsp3) is 0.400. The first-order chi connectivity index (χ1) is 10.5. The van der Waals surface area contributed by atoms with Crippen molar-refractivity contribution in [1.29, 1.82) is 0 Å². The summed E-state index contributed by atoms with van der Waals surface area (Å²) in [7, 11) is 1.92. The summed E-state index contributed by atoms with van der Waals surface area (Å²) in [4.78, 5) is 12.0. The lowest BCUT2D eigenvalue weighted by molar-refractivity contribution is -0.120. The molecule has 2 aromatic rings. The van der Waals surface area contributed by atoms with Crippen LogP contribution >= 0.6 is 27.7 Å². The van der Waals surface area contributed by atoms with Crippen LogP contribution in [-0.2, 0) is 11.8 Å². The van der Waals surface area contributed by atoms with Crippen LogP contribution in [-0.4, -0.2) is 32.0 Å². The molecule has 0 aliphatic heterocycles. The molecule has 0 radical (unpaired) electrons. The fourth-order valence-corrected chi connectivity index (χ4v) is 3.28. The van der Waals surface area contributed by atoms with Crippen LogP contribution in [0, 0.1) is 0 Å². The van der Waals surface area contributed by atoms with E-state index in [0.29, 0.717) is 6.04 Å². The van der Waals surface area contributed by atoms with Crippen LogP contribution in [0.5, 0.6) is 0 Å². The minimum Gasteiger partial charge on any atom is -0.352 e. The number of thioether (sulfide) groups is 1. The highest BCUT2D eigenvalue weighted by Gasteiger charge is 2.27. The zero-order chi connectivity index (χ0) is 15.7. The Kier molecular flexibility index (Phi) is 4.54. The lowest BCUT2D eigenvalue weighted by Crippen LogP contribution is -2.32. The van der Waals surface area contributed by atoms with Gasteiger partial charge in [-0.15, -0.1) is 10.2 Å². The molecule has 3 rings (SSSR count). The third-order valence-corrected chi connectivity index (χ3v) is 5.12. The molecule has 0 bridgehead atoms. The van der Waals surface area contributed by atoms with Gasteiger partial charge in [0.05, 0.1) is 5.25 Å². The average molecular weight is 381 g/mol. The summed E-state index contributed by atoms with van der Waals surface area (Å²) >= 11 is 4.90. The predicted molar refractivity (Wildman–Crippen MR) is 90.6 cm³/mol. The quantitative estimate of drug-likeness (QED) is 0.809. The largest absolute Gasteiger partial charge is 0.352 e. The maximum atomic E-state index is 12.0. The lowest BCUT2D eigenvalue weighted by atomic mass is 10.2. The van der Waals surface area contributed by atoms with E-state index >= 15 is 0 Å². The lowest BCUT2D eigenvalue weighted by Gasteiger charge is -2.11.